The normalized spacial score (nSPS) is 20.1. The van der Waals surface area contributed by atoms with Gasteiger partial charge in [-0.05, 0) is 24.5 Å². The molecule has 15 heavy (non-hydrogen) atoms. The van der Waals surface area contributed by atoms with Crippen molar-refractivity contribution in [2.24, 2.45) is 0 Å². The van der Waals surface area contributed by atoms with Gasteiger partial charge in [0.05, 0.1) is 0 Å². The molecular weight excluding hydrogens is 211 g/mol. The standard InChI is InChI=1S/C13H16ClF/c14-12-7-3-2-6-11(12)10-13(15)8-4-1-5-9-13/h2-3,6-7H,1,4-5,8-10H2. The summed E-state index contributed by atoms with van der Waals surface area (Å²) in [6.07, 6.45) is 5.07. The van der Waals surface area contributed by atoms with Gasteiger partial charge in [-0.2, -0.15) is 0 Å². The molecule has 1 aromatic carbocycles. The zero-order chi connectivity index (χ0) is 10.7. The van der Waals surface area contributed by atoms with Gasteiger partial charge < -0.3 is 0 Å². The van der Waals surface area contributed by atoms with Crippen LogP contribution in [0.2, 0.25) is 5.02 Å². The molecule has 0 radical (unpaired) electrons. The first kappa shape index (κ1) is 10.9. The van der Waals surface area contributed by atoms with Crippen molar-refractivity contribution in [2.75, 3.05) is 0 Å². The van der Waals surface area contributed by atoms with Gasteiger partial charge in [0, 0.05) is 11.4 Å². The molecule has 0 spiro atoms. The van der Waals surface area contributed by atoms with Crippen molar-refractivity contribution in [1.29, 1.82) is 0 Å². The summed E-state index contributed by atoms with van der Waals surface area (Å²) in [5.74, 6) is 0. The van der Waals surface area contributed by atoms with E-state index in [-0.39, 0.29) is 0 Å². The molecular formula is C13H16ClF. The van der Waals surface area contributed by atoms with Crippen LogP contribution in [0, 0.1) is 0 Å². The average Bonchev–Trinajstić information content (AvgIpc) is 2.22. The van der Waals surface area contributed by atoms with Crippen LogP contribution in [0.3, 0.4) is 0 Å². The Kier molecular flexibility index (Phi) is 3.30. The summed E-state index contributed by atoms with van der Waals surface area (Å²) < 4.78 is 14.4. The summed E-state index contributed by atoms with van der Waals surface area (Å²) in [4.78, 5) is 0. The number of alkyl halides is 1. The number of hydrogen-bond acceptors (Lipinski definition) is 0. The molecule has 82 valence electrons. The Balaban J connectivity index is 2.10. The highest BCUT2D eigenvalue weighted by molar-refractivity contribution is 6.31. The van der Waals surface area contributed by atoms with E-state index in [4.69, 9.17) is 11.6 Å². The van der Waals surface area contributed by atoms with E-state index in [1.165, 1.54) is 6.42 Å². The second-order valence-electron chi connectivity index (χ2n) is 4.48. The van der Waals surface area contributed by atoms with Crippen LogP contribution < -0.4 is 0 Å². The average molecular weight is 227 g/mol. The van der Waals surface area contributed by atoms with Gasteiger partial charge in [0.15, 0.2) is 0 Å². The third kappa shape index (κ3) is 2.72. The maximum atomic E-state index is 14.4. The van der Waals surface area contributed by atoms with E-state index >= 15 is 0 Å². The lowest BCUT2D eigenvalue weighted by Gasteiger charge is -2.29. The van der Waals surface area contributed by atoms with Gasteiger partial charge in [-0.3, -0.25) is 0 Å². The summed E-state index contributed by atoms with van der Waals surface area (Å²) in [6.45, 7) is 0. The molecule has 0 saturated heterocycles. The van der Waals surface area contributed by atoms with Crippen LogP contribution in [0.5, 0.6) is 0 Å². The minimum atomic E-state index is -1.01. The van der Waals surface area contributed by atoms with Crippen LogP contribution in [-0.4, -0.2) is 5.67 Å². The van der Waals surface area contributed by atoms with E-state index < -0.39 is 5.67 Å². The van der Waals surface area contributed by atoms with Gasteiger partial charge >= 0.3 is 0 Å². The van der Waals surface area contributed by atoms with Crippen LogP contribution in [-0.2, 0) is 6.42 Å². The number of halogens is 2. The van der Waals surface area contributed by atoms with Crippen molar-refractivity contribution in [3.05, 3.63) is 34.9 Å². The van der Waals surface area contributed by atoms with Gasteiger partial charge in [0.25, 0.3) is 0 Å². The molecule has 1 aliphatic rings. The largest absolute Gasteiger partial charge is 0.244 e. The van der Waals surface area contributed by atoms with Crippen molar-refractivity contribution in [2.45, 2.75) is 44.2 Å². The molecule has 0 aromatic heterocycles. The monoisotopic (exact) mass is 226 g/mol. The van der Waals surface area contributed by atoms with E-state index in [1.807, 2.05) is 24.3 Å². The molecule has 1 saturated carbocycles. The van der Waals surface area contributed by atoms with Crippen molar-refractivity contribution < 1.29 is 4.39 Å². The Morgan fingerprint density at radius 3 is 2.47 bits per heavy atom. The molecule has 0 bridgehead atoms. The molecule has 0 amide bonds. The summed E-state index contributed by atoms with van der Waals surface area (Å²) in [6, 6.07) is 7.58. The predicted molar refractivity (Wildman–Crippen MR) is 62.1 cm³/mol. The fourth-order valence-corrected chi connectivity index (χ4v) is 2.55. The van der Waals surface area contributed by atoms with E-state index in [1.54, 1.807) is 0 Å². The lowest BCUT2D eigenvalue weighted by molar-refractivity contribution is 0.107. The quantitative estimate of drug-likeness (QED) is 0.694. The summed E-state index contributed by atoms with van der Waals surface area (Å²) in [5, 5.41) is 0.695. The minimum absolute atomic E-state index is 0.479. The highest BCUT2D eigenvalue weighted by Gasteiger charge is 2.32. The van der Waals surface area contributed by atoms with Crippen molar-refractivity contribution >= 4 is 11.6 Å². The summed E-state index contributed by atoms with van der Waals surface area (Å²) in [5.41, 5.74) is -0.0629. The molecule has 0 atom stereocenters. The van der Waals surface area contributed by atoms with E-state index in [0.29, 0.717) is 24.3 Å². The minimum Gasteiger partial charge on any atom is -0.244 e. The Morgan fingerprint density at radius 1 is 1.13 bits per heavy atom. The predicted octanol–water partition coefficient (Wildman–Crippen LogP) is 4.55. The van der Waals surface area contributed by atoms with Gasteiger partial charge in [-0.15, -0.1) is 0 Å². The number of rotatable bonds is 2. The molecule has 0 unspecified atom stereocenters. The smallest absolute Gasteiger partial charge is 0.115 e. The SMILES string of the molecule is FC1(Cc2ccccc2Cl)CCCCC1. The molecule has 1 fully saturated rings. The van der Waals surface area contributed by atoms with E-state index in [9.17, 15) is 4.39 Å². The Morgan fingerprint density at radius 2 is 1.80 bits per heavy atom. The molecule has 0 nitrogen and oxygen atoms in total. The Bertz CT molecular complexity index is 329. The third-order valence-corrected chi connectivity index (χ3v) is 3.58. The first-order valence-electron chi connectivity index (χ1n) is 5.62. The Hall–Kier alpha value is -0.560. The highest BCUT2D eigenvalue weighted by atomic mass is 35.5. The molecule has 2 rings (SSSR count). The molecule has 0 heterocycles. The zero-order valence-corrected chi connectivity index (χ0v) is 9.56. The Labute approximate surface area is 95.4 Å². The maximum Gasteiger partial charge on any atom is 0.115 e. The highest BCUT2D eigenvalue weighted by Crippen LogP contribution is 2.36. The van der Waals surface area contributed by atoms with E-state index in [2.05, 4.69) is 0 Å². The topological polar surface area (TPSA) is 0 Å². The second-order valence-corrected chi connectivity index (χ2v) is 4.89. The molecule has 0 N–H and O–H groups in total. The van der Waals surface area contributed by atoms with Crippen LogP contribution in [0.15, 0.2) is 24.3 Å². The van der Waals surface area contributed by atoms with Crippen molar-refractivity contribution in [3.63, 3.8) is 0 Å². The van der Waals surface area contributed by atoms with Gasteiger partial charge in [-0.1, -0.05) is 49.1 Å². The molecule has 2 heteroatoms. The number of hydrogen-bond donors (Lipinski definition) is 0. The summed E-state index contributed by atoms with van der Waals surface area (Å²) in [7, 11) is 0. The maximum absolute atomic E-state index is 14.4. The zero-order valence-electron chi connectivity index (χ0n) is 8.81. The van der Waals surface area contributed by atoms with Gasteiger partial charge in [-0.25, -0.2) is 4.39 Å². The second kappa shape index (κ2) is 4.52. The van der Waals surface area contributed by atoms with Gasteiger partial charge in [0.1, 0.15) is 5.67 Å². The number of benzene rings is 1. The lowest BCUT2D eigenvalue weighted by atomic mass is 9.82. The first-order chi connectivity index (χ1) is 7.20. The van der Waals surface area contributed by atoms with Gasteiger partial charge in [0.2, 0.25) is 0 Å². The molecule has 0 aliphatic heterocycles. The van der Waals surface area contributed by atoms with Crippen LogP contribution in [0.1, 0.15) is 37.7 Å². The van der Waals surface area contributed by atoms with Crippen LogP contribution in [0.25, 0.3) is 0 Å². The van der Waals surface area contributed by atoms with Crippen LogP contribution in [0.4, 0.5) is 4.39 Å². The fraction of sp³-hybridized carbons (Fsp3) is 0.538. The van der Waals surface area contributed by atoms with Crippen molar-refractivity contribution in [3.8, 4) is 0 Å². The van der Waals surface area contributed by atoms with E-state index in [0.717, 1.165) is 18.4 Å². The summed E-state index contributed by atoms with van der Waals surface area (Å²) >= 11 is 6.04. The third-order valence-electron chi connectivity index (χ3n) is 3.21. The first-order valence-corrected chi connectivity index (χ1v) is 6.00. The van der Waals surface area contributed by atoms with Crippen molar-refractivity contribution in [1.82, 2.24) is 0 Å². The molecule has 1 aromatic rings. The van der Waals surface area contributed by atoms with Crippen LogP contribution >= 0.6 is 11.6 Å². The molecule has 1 aliphatic carbocycles. The lowest BCUT2D eigenvalue weighted by Crippen LogP contribution is -2.28. The fourth-order valence-electron chi connectivity index (χ4n) is 2.35.